The van der Waals surface area contributed by atoms with Gasteiger partial charge in [-0.05, 0) is 48.9 Å². The Labute approximate surface area is 158 Å². The largest absolute Gasteiger partial charge is 0.494 e. The smallest absolute Gasteiger partial charge is 0.338 e. The average Bonchev–Trinajstić information content (AvgIpc) is 2.70. The molecule has 0 spiro atoms. The molecule has 0 bridgehead atoms. The summed E-state index contributed by atoms with van der Waals surface area (Å²) in [6.07, 6.45) is 3.24. The number of ether oxygens (including phenoxy) is 2. The second-order valence-electron chi connectivity index (χ2n) is 5.90. The lowest BCUT2D eigenvalue weighted by molar-refractivity contribution is -0.119. The van der Waals surface area contributed by atoms with E-state index in [4.69, 9.17) is 14.7 Å². The predicted octanol–water partition coefficient (Wildman–Crippen LogP) is 3.92. The van der Waals surface area contributed by atoms with E-state index in [9.17, 15) is 9.59 Å². The Morgan fingerprint density at radius 3 is 2.59 bits per heavy atom. The molecule has 0 unspecified atom stereocenters. The minimum Gasteiger partial charge on any atom is -0.494 e. The van der Waals surface area contributed by atoms with E-state index >= 15 is 0 Å². The maximum absolute atomic E-state index is 12.0. The van der Waals surface area contributed by atoms with Gasteiger partial charge in [0.1, 0.15) is 5.75 Å². The maximum atomic E-state index is 12.0. The molecule has 0 saturated carbocycles. The molecular weight excluding hydrogens is 344 g/mol. The maximum Gasteiger partial charge on any atom is 0.338 e. The molecule has 1 N–H and O–H groups in total. The molecule has 2 aromatic rings. The molecule has 0 atom stereocenters. The van der Waals surface area contributed by atoms with Crippen molar-refractivity contribution in [1.29, 1.82) is 5.26 Å². The van der Waals surface area contributed by atoms with Crippen LogP contribution in [-0.4, -0.2) is 25.1 Å². The molecule has 1 amide bonds. The molecule has 0 aliphatic rings. The molecule has 0 aromatic heterocycles. The number of carbonyl (C=O) groups is 2. The Hall–Kier alpha value is -3.33. The Bertz CT molecular complexity index is 810. The summed E-state index contributed by atoms with van der Waals surface area (Å²) >= 11 is 0. The highest BCUT2D eigenvalue weighted by Crippen LogP contribution is 2.14. The van der Waals surface area contributed by atoms with Gasteiger partial charge in [0.15, 0.2) is 6.61 Å². The van der Waals surface area contributed by atoms with Gasteiger partial charge in [-0.25, -0.2) is 4.79 Å². The fourth-order valence-electron chi connectivity index (χ4n) is 2.31. The second-order valence-corrected chi connectivity index (χ2v) is 5.90. The molecule has 6 heteroatoms. The van der Waals surface area contributed by atoms with Crippen molar-refractivity contribution in [2.24, 2.45) is 0 Å². The van der Waals surface area contributed by atoms with Crippen molar-refractivity contribution in [3.8, 4) is 11.8 Å². The van der Waals surface area contributed by atoms with Gasteiger partial charge in [-0.2, -0.15) is 5.26 Å². The molecule has 0 saturated heterocycles. The lowest BCUT2D eigenvalue weighted by atomic mass is 10.2. The number of hydrogen-bond acceptors (Lipinski definition) is 5. The number of rotatable bonds is 9. The van der Waals surface area contributed by atoms with Crippen molar-refractivity contribution in [3.05, 3.63) is 59.7 Å². The zero-order valence-electron chi connectivity index (χ0n) is 15.2. The van der Waals surface area contributed by atoms with E-state index < -0.39 is 18.5 Å². The first-order valence-electron chi connectivity index (χ1n) is 8.82. The van der Waals surface area contributed by atoms with Gasteiger partial charge in [0.05, 0.1) is 23.8 Å². The van der Waals surface area contributed by atoms with Gasteiger partial charge in [-0.3, -0.25) is 4.79 Å². The van der Waals surface area contributed by atoms with Crippen LogP contribution in [0.25, 0.3) is 0 Å². The summed E-state index contributed by atoms with van der Waals surface area (Å²) < 4.78 is 10.6. The predicted molar refractivity (Wildman–Crippen MR) is 102 cm³/mol. The van der Waals surface area contributed by atoms with Crippen molar-refractivity contribution in [2.75, 3.05) is 18.5 Å². The fourth-order valence-corrected chi connectivity index (χ4v) is 2.31. The second kappa shape index (κ2) is 10.6. The van der Waals surface area contributed by atoms with Crippen molar-refractivity contribution in [2.45, 2.75) is 26.2 Å². The summed E-state index contributed by atoms with van der Waals surface area (Å²) in [4.78, 5) is 23.9. The first kappa shape index (κ1) is 20.0. The number of anilines is 1. The lowest BCUT2D eigenvalue weighted by Gasteiger charge is -2.08. The minimum absolute atomic E-state index is 0.343. The molecule has 2 rings (SSSR count). The highest BCUT2D eigenvalue weighted by atomic mass is 16.5. The molecule has 27 heavy (non-hydrogen) atoms. The van der Waals surface area contributed by atoms with Crippen molar-refractivity contribution >= 4 is 17.6 Å². The number of amides is 1. The number of nitrogens with zero attached hydrogens (tertiary/aromatic N) is 1. The molecule has 6 nitrogen and oxygen atoms in total. The van der Waals surface area contributed by atoms with Crippen LogP contribution in [0.5, 0.6) is 5.75 Å². The molecule has 0 fully saturated rings. The Kier molecular flexibility index (Phi) is 7.86. The first-order valence-corrected chi connectivity index (χ1v) is 8.82. The topological polar surface area (TPSA) is 88.4 Å². The van der Waals surface area contributed by atoms with Crippen LogP contribution in [0.3, 0.4) is 0 Å². The van der Waals surface area contributed by atoms with Gasteiger partial charge < -0.3 is 14.8 Å². The van der Waals surface area contributed by atoms with E-state index in [0.29, 0.717) is 29.2 Å². The van der Waals surface area contributed by atoms with Crippen LogP contribution in [-0.2, 0) is 9.53 Å². The number of nitriles is 1. The average molecular weight is 366 g/mol. The zero-order valence-corrected chi connectivity index (χ0v) is 15.2. The number of nitrogens with one attached hydrogen (secondary N) is 1. The molecule has 0 aliphatic carbocycles. The number of hydrogen-bond donors (Lipinski definition) is 1. The van der Waals surface area contributed by atoms with E-state index in [1.54, 1.807) is 48.5 Å². The molecule has 2 aromatic carbocycles. The number of esters is 1. The Morgan fingerprint density at radius 2 is 1.89 bits per heavy atom. The molecule has 0 radical (unpaired) electrons. The summed E-state index contributed by atoms with van der Waals surface area (Å²) in [5.74, 6) is -0.374. The Morgan fingerprint density at radius 1 is 1.11 bits per heavy atom. The van der Waals surface area contributed by atoms with Gasteiger partial charge in [-0.15, -0.1) is 0 Å². The summed E-state index contributed by atoms with van der Waals surface area (Å²) in [6.45, 7) is 2.36. The van der Waals surface area contributed by atoms with Crippen LogP contribution < -0.4 is 10.1 Å². The van der Waals surface area contributed by atoms with Gasteiger partial charge in [-0.1, -0.05) is 25.8 Å². The van der Waals surface area contributed by atoms with E-state index in [2.05, 4.69) is 12.2 Å². The van der Waals surface area contributed by atoms with Crippen molar-refractivity contribution < 1.29 is 19.1 Å². The van der Waals surface area contributed by atoms with Gasteiger partial charge in [0, 0.05) is 5.69 Å². The van der Waals surface area contributed by atoms with Crippen LogP contribution in [0.2, 0.25) is 0 Å². The van der Waals surface area contributed by atoms with E-state index in [0.717, 1.165) is 19.3 Å². The molecule has 140 valence electrons. The quantitative estimate of drug-likeness (QED) is 0.537. The van der Waals surface area contributed by atoms with Gasteiger partial charge >= 0.3 is 5.97 Å². The number of unbranched alkanes of at least 4 members (excludes halogenated alkanes) is 2. The normalized spacial score (nSPS) is 9.93. The third-order valence-electron chi connectivity index (χ3n) is 3.72. The Balaban J connectivity index is 1.79. The third-order valence-corrected chi connectivity index (χ3v) is 3.72. The summed E-state index contributed by atoms with van der Waals surface area (Å²) in [5, 5.41) is 11.4. The van der Waals surface area contributed by atoms with Crippen LogP contribution in [0, 0.1) is 11.3 Å². The highest BCUT2D eigenvalue weighted by Gasteiger charge is 2.11. The van der Waals surface area contributed by atoms with E-state index in [1.165, 1.54) is 0 Å². The number of carbonyl (C=O) groups excluding carboxylic acids is 2. The monoisotopic (exact) mass is 366 g/mol. The van der Waals surface area contributed by atoms with E-state index in [1.807, 2.05) is 6.07 Å². The number of benzene rings is 2. The van der Waals surface area contributed by atoms with Crippen LogP contribution in [0.15, 0.2) is 48.5 Å². The first-order chi connectivity index (χ1) is 13.1. The molecule has 0 aliphatic heterocycles. The van der Waals surface area contributed by atoms with E-state index in [-0.39, 0.29) is 0 Å². The van der Waals surface area contributed by atoms with Crippen LogP contribution >= 0.6 is 0 Å². The SMILES string of the molecule is CCCCCOc1ccc(C(=O)OCC(=O)Nc2cccc(C#N)c2)cc1. The molecule has 0 heterocycles. The van der Waals surface area contributed by atoms with Gasteiger partial charge in [0.2, 0.25) is 0 Å². The summed E-state index contributed by atoms with van der Waals surface area (Å²) in [5.41, 5.74) is 1.25. The zero-order chi connectivity index (χ0) is 19.5. The minimum atomic E-state index is -0.589. The standard InChI is InChI=1S/C21H22N2O4/c1-2-3-4-12-26-19-10-8-17(9-11-19)21(25)27-15-20(24)23-18-7-5-6-16(13-18)14-22/h5-11,13H,2-4,12,15H2,1H3,(H,23,24). The lowest BCUT2D eigenvalue weighted by Crippen LogP contribution is -2.20. The highest BCUT2D eigenvalue weighted by molar-refractivity contribution is 5.95. The fraction of sp³-hybridized carbons (Fsp3) is 0.286. The molecular formula is C21H22N2O4. The van der Waals surface area contributed by atoms with Crippen molar-refractivity contribution in [3.63, 3.8) is 0 Å². The summed E-state index contributed by atoms with van der Waals surface area (Å²) in [7, 11) is 0. The summed E-state index contributed by atoms with van der Waals surface area (Å²) in [6, 6.07) is 15.1. The third kappa shape index (κ3) is 6.83. The van der Waals surface area contributed by atoms with Gasteiger partial charge in [0.25, 0.3) is 5.91 Å². The van der Waals surface area contributed by atoms with Crippen LogP contribution in [0.1, 0.15) is 42.1 Å². The van der Waals surface area contributed by atoms with Crippen molar-refractivity contribution in [1.82, 2.24) is 0 Å². The van der Waals surface area contributed by atoms with Crippen LogP contribution in [0.4, 0.5) is 5.69 Å².